The van der Waals surface area contributed by atoms with Crippen molar-refractivity contribution in [1.82, 2.24) is 4.57 Å². The molecule has 1 unspecified atom stereocenters. The number of nitrogens with zero attached hydrogens (tertiary/aromatic N) is 1. The minimum Gasteiger partial charge on any atom is -0.493 e. The van der Waals surface area contributed by atoms with Gasteiger partial charge < -0.3 is 14.6 Å². The van der Waals surface area contributed by atoms with Gasteiger partial charge in [-0.25, -0.2) is 0 Å². The van der Waals surface area contributed by atoms with Gasteiger partial charge in [0.1, 0.15) is 5.75 Å². The van der Waals surface area contributed by atoms with Gasteiger partial charge in [-0.2, -0.15) is 0 Å². The zero-order valence-electron chi connectivity index (χ0n) is 11.1. The van der Waals surface area contributed by atoms with Crippen molar-refractivity contribution in [2.75, 3.05) is 11.9 Å². The summed E-state index contributed by atoms with van der Waals surface area (Å²) in [5.74, 6) is 0.918. The van der Waals surface area contributed by atoms with Gasteiger partial charge in [-0.1, -0.05) is 15.9 Å². The number of hydrogen-bond donors (Lipinski definition) is 1. The first-order chi connectivity index (χ1) is 9.63. The number of ether oxygens (including phenoxy) is 1. The highest BCUT2D eigenvalue weighted by molar-refractivity contribution is 9.10. The van der Waals surface area contributed by atoms with E-state index in [1.54, 1.807) is 17.7 Å². The highest BCUT2D eigenvalue weighted by atomic mass is 79.9. The number of fused-ring (bicyclic) bond motifs is 1. The largest absolute Gasteiger partial charge is 0.493 e. The molecule has 0 aliphatic carbocycles. The number of rotatable bonds is 2. The summed E-state index contributed by atoms with van der Waals surface area (Å²) < 4.78 is 8.28. The van der Waals surface area contributed by atoms with Gasteiger partial charge in [0.15, 0.2) is 0 Å². The normalized spacial score (nSPS) is 17.2. The molecule has 4 nitrogen and oxygen atoms in total. The van der Waals surface area contributed by atoms with Crippen molar-refractivity contribution in [2.45, 2.75) is 12.5 Å². The first-order valence-corrected chi connectivity index (χ1v) is 7.28. The predicted molar refractivity (Wildman–Crippen MR) is 82.3 cm³/mol. The van der Waals surface area contributed by atoms with Gasteiger partial charge >= 0.3 is 0 Å². The van der Waals surface area contributed by atoms with Crippen LogP contribution in [-0.4, -0.2) is 11.2 Å². The maximum absolute atomic E-state index is 11.4. The van der Waals surface area contributed by atoms with Crippen molar-refractivity contribution in [3.8, 4) is 5.75 Å². The van der Waals surface area contributed by atoms with E-state index >= 15 is 0 Å². The predicted octanol–water partition coefficient (Wildman–Crippen LogP) is 3.08. The zero-order valence-corrected chi connectivity index (χ0v) is 12.7. The quantitative estimate of drug-likeness (QED) is 0.917. The first-order valence-electron chi connectivity index (χ1n) is 6.49. The lowest BCUT2D eigenvalue weighted by Crippen LogP contribution is -2.22. The highest BCUT2D eigenvalue weighted by Gasteiger charge is 2.21. The molecular formula is C15H15BrN2O2. The summed E-state index contributed by atoms with van der Waals surface area (Å²) >= 11 is 3.50. The van der Waals surface area contributed by atoms with E-state index in [1.165, 1.54) is 0 Å². The van der Waals surface area contributed by atoms with Crippen LogP contribution in [0.1, 0.15) is 18.0 Å². The van der Waals surface area contributed by atoms with Crippen molar-refractivity contribution in [3.63, 3.8) is 0 Å². The molecule has 0 fully saturated rings. The molecule has 104 valence electrons. The summed E-state index contributed by atoms with van der Waals surface area (Å²) in [6, 6.07) is 9.61. The molecule has 0 amide bonds. The van der Waals surface area contributed by atoms with Crippen LogP contribution in [0.2, 0.25) is 0 Å². The van der Waals surface area contributed by atoms with Crippen LogP contribution < -0.4 is 15.6 Å². The molecule has 0 bridgehead atoms. The maximum atomic E-state index is 11.4. The van der Waals surface area contributed by atoms with Crippen LogP contribution in [0.3, 0.4) is 0 Å². The molecule has 0 saturated heterocycles. The van der Waals surface area contributed by atoms with Gasteiger partial charge in [0, 0.05) is 35.8 Å². The topological polar surface area (TPSA) is 43.3 Å². The molecule has 1 aliphatic rings. The lowest BCUT2D eigenvalue weighted by Gasteiger charge is -2.27. The van der Waals surface area contributed by atoms with Gasteiger partial charge in [0.2, 0.25) is 5.56 Å². The average Bonchev–Trinajstić information content (AvgIpc) is 2.44. The van der Waals surface area contributed by atoms with Crippen molar-refractivity contribution < 1.29 is 4.74 Å². The smallest absolute Gasteiger partial charge is 0.250 e. The van der Waals surface area contributed by atoms with Crippen molar-refractivity contribution in [3.05, 3.63) is 56.9 Å². The monoisotopic (exact) mass is 334 g/mol. The van der Waals surface area contributed by atoms with E-state index in [0.29, 0.717) is 6.61 Å². The van der Waals surface area contributed by atoms with Crippen LogP contribution in [0.25, 0.3) is 0 Å². The SMILES string of the molecule is Cn1cc(NC2CCOc3ccc(Br)cc32)ccc1=O. The second-order valence-corrected chi connectivity index (χ2v) is 5.80. The Labute approximate surface area is 125 Å². The van der Waals surface area contributed by atoms with Crippen molar-refractivity contribution in [2.24, 2.45) is 7.05 Å². The summed E-state index contributed by atoms with van der Waals surface area (Å²) in [4.78, 5) is 11.4. The lowest BCUT2D eigenvalue weighted by molar-refractivity contribution is 0.274. The Balaban J connectivity index is 1.90. The van der Waals surface area contributed by atoms with E-state index in [0.717, 1.165) is 27.9 Å². The van der Waals surface area contributed by atoms with Crippen LogP contribution in [0.5, 0.6) is 5.75 Å². The fourth-order valence-electron chi connectivity index (χ4n) is 2.40. The fraction of sp³-hybridized carbons (Fsp3) is 0.267. The summed E-state index contributed by atoms with van der Waals surface area (Å²) in [5, 5.41) is 3.47. The Bertz CT molecular complexity index is 697. The average molecular weight is 335 g/mol. The second-order valence-electron chi connectivity index (χ2n) is 4.88. The fourth-order valence-corrected chi connectivity index (χ4v) is 2.77. The molecule has 2 aromatic rings. The molecule has 0 radical (unpaired) electrons. The first kappa shape index (κ1) is 13.2. The number of benzene rings is 1. The van der Waals surface area contributed by atoms with Gasteiger partial charge in [-0.3, -0.25) is 4.79 Å². The van der Waals surface area contributed by atoms with E-state index in [9.17, 15) is 4.79 Å². The van der Waals surface area contributed by atoms with Crippen LogP contribution in [-0.2, 0) is 7.05 Å². The number of anilines is 1. The van der Waals surface area contributed by atoms with Gasteiger partial charge in [0.05, 0.1) is 18.3 Å². The number of nitrogens with one attached hydrogen (secondary N) is 1. The molecule has 0 spiro atoms. The molecule has 5 heteroatoms. The van der Waals surface area contributed by atoms with E-state index in [1.807, 2.05) is 24.4 Å². The summed E-state index contributed by atoms with van der Waals surface area (Å²) in [5.41, 5.74) is 2.06. The summed E-state index contributed by atoms with van der Waals surface area (Å²) in [7, 11) is 1.75. The number of pyridine rings is 1. The molecule has 1 N–H and O–H groups in total. The van der Waals surface area contributed by atoms with Crippen LogP contribution in [0, 0.1) is 0 Å². The van der Waals surface area contributed by atoms with E-state index in [-0.39, 0.29) is 11.6 Å². The Morgan fingerprint density at radius 1 is 1.35 bits per heavy atom. The van der Waals surface area contributed by atoms with Gasteiger partial charge in [0.25, 0.3) is 0 Å². The van der Waals surface area contributed by atoms with Gasteiger partial charge in [-0.15, -0.1) is 0 Å². The molecule has 1 aliphatic heterocycles. The van der Waals surface area contributed by atoms with Crippen LogP contribution in [0.4, 0.5) is 5.69 Å². The standard InChI is InChI=1S/C15H15BrN2O2/c1-18-9-11(3-5-15(18)19)17-13-6-7-20-14-4-2-10(16)8-12(13)14/h2-5,8-9,13,17H,6-7H2,1H3. The number of aryl methyl sites for hydroxylation is 1. The van der Waals surface area contributed by atoms with Crippen molar-refractivity contribution >= 4 is 21.6 Å². The highest BCUT2D eigenvalue weighted by Crippen LogP contribution is 2.35. The van der Waals surface area contributed by atoms with E-state index < -0.39 is 0 Å². The molecule has 3 rings (SSSR count). The Morgan fingerprint density at radius 2 is 2.20 bits per heavy atom. The van der Waals surface area contributed by atoms with Crippen LogP contribution >= 0.6 is 15.9 Å². The number of aromatic nitrogens is 1. The second kappa shape index (κ2) is 5.32. The Morgan fingerprint density at radius 3 is 3.00 bits per heavy atom. The molecule has 2 heterocycles. The van der Waals surface area contributed by atoms with E-state index in [2.05, 4.69) is 27.3 Å². The van der Waals surface area contributed by atoms with E-state index in [4.69, 9.17) is 4.74 Å². The molecule has 1 aromatic heterocycles. The molecule has 0 saturated carbocycles. The maximum Gasteiger partial charge on any atom is 0.250 e. The summed E-state index contributed by atoms with van der Waals surface area (Å²) in [6.45, 7) is 0.693. The third-order valence-corrected chi connectivity index (χ3v) is 3.93. The summed E-state index contributed by atoms with van der Waals surface area (Å²) in [6.07, 6.45) is 2.71. The minimum atomic E-state index is -0.00864. The Kier molecular flexibility index (Phi) is 3.53. The third kappa shape index (κ3) is 2.58. The third-order valence-electron chi connectivity index (χ3n) is 3.44. The molecular weight excluding hydrogens is 320 g/mol. The Hall–Kier alpha value is -1.75. The lowest BCUT2D eigenvalue weighted by atomic mass is 10.0. The van der Waals surface area contributed by atoms with Crippen LogP contribution in [0.15, 0.2) is 45.8 Å². The number of halogens is 1. The molecule has 20 heavy (non-hydrogen) atoms. The van der Waals surface area contributed by atoms with Crippen molar-refractivity contribution in [1.29, 1.82) is 0 Å². The molecule has 1 atom stereocenters. The van der Waals surface area contributed by atoms with Gasteiger partial charge in [-0.05, 0) is 24.3 Å². The molecule has 1 aromatic carbocycles. The minimum absolute atomic E-state index is 0.00864. The zero-order chi connectivity index (χ0) is 14.1. The number of hydrogen-bond acceptors (Lipinski definition) is 3.